The number of aryl methyl sites for hydroxylation is 1. The number of imidazole rings is 2. The van der Waals surface area contributed by atoms with Crippen LogP contribution in [0.3, 0.4) is 0 Å². The fourth-order valence-corrected chi connectivity index (χ4v) is 8.47. The van der Waals surface area contributed by atoms with Gasteiger partial charge in [-0.15, -0.1) is 0 Å². The highest BCUT2D eigenvalue weighted by molar-refractivity contribution is 5.89. The number of nitrogens with two attached hydrogens (primary N) is 8. The molecule has 548 valence electrons. The van der Waals surface area contributed by atoms with Gasteiger partial charge in [0.25, 0.3) is 16.7 Å². The van der Waals surface area contributed by atoms with E-state index in [4.69, 9.17) is 71.4 Å². The molecule has 6 heterocycles. The molecule has 0 unspecified atom stereocenters. The predicted octanol–water partition coefficient (Wildman–Crippen LogP) is -10.1. The maximum absolute atomic E-state index is 12.2. The summed E-state index contributed by atoms with van der Waals surface area (Å²) in [5, 5.41) is 43.7. The van der Waals surface area contributed by atoms with Gasteiger partial charge in [0.2, 0.25) is 35.5 Å². The first-order valence-corrected chi connectivity index (χ1v) is 29.5. The van der Waals surface area contributed by atoms with Crippen molar-refractivity contribution in [2.24, 2.45) is 28.7 Å². The summed E-state index contributed by atoms with van der Waals surface area (Å²) in [4.78, 5) is 209. The van der Waals surface area contributed by atoms with Crippen molar-refractivity contribution in [3.05, 3.63) is 130 Å². The minimum Gasteiger partial charge on any atom is -0.480 e. The number of hydrogen-bond donors (Lipinski definition) is 16. The van der Waals surface area contributed by atoms with Crippen molar-refractivity contribution in [3.8, 4) is 0 Å². The Labute approximate surface area is 566 Å². The molecule has 0 fully saturated rings. The Hall–Kier alpha value is -12.8. The number of nitrogen functional groups attached to an aromatic ring is 3. The molecule has 46 nitrogen and oxygen atoms in total. The highest BCUT2D eigenvalue weighted by Crippen LogP contribution is 2.19. The molecule has 7 rings (SSSR count). The number of carboxylic acid groups (broad SMARTS) is 5. The SMILES string of the molecule is Cc1cn(CC(=O)N(CCN)CC(=O)O)c(=O)[nH]c1=O.NCCN(CC(=O)O)C(=O)Cn1ccc(=O)[nH]c1=O.NCCN(CC(=O)O)C(=O)Cn1ccc(N)nc1=O.NCCN(CC(=O)O)C(=O)Cn1cnc2c(=O)[nH]c(N)nc21.NCCN(CC(=O)O)C(=O)Cn1cnc2c(N)cccc21. The van der Waals surface area contributed by atoms with Crippen LogP contribution in [0.2, 0.25) is 0 Å². The van der Waals surface area contributed by atoms with E-state index in [9.17, 15) is 76.7 Å². The van der Waals surface area contributed by atoms with E-state index in [0.29, 0.717) is 11.2 Å². The highest BCUT2D eigenvalue weighted by Gasteiger charge is 2.23. The van der Waals surface area contributed by atoms with E-state index in [1.165, 1.54) is 53.7 Å². The molecule has 0 saturated carbocycles. The van der Waals surface area contributed by atoms with Crippen molar-refractivity contribution >= 4 is 99.0 Å². The molecule has 0 aliphatic rings. The van der Waals surface area contributed by atoms with Gasteiger partial charge >= 0.3 is 46.9 Å². The number of benzene rings is 1. The molecule has 0 spiro atoms. The van der Waals surface area contributed by atoms with E-state index >= 15 is 0 Å². The number of para-hydroxylation sites is 1. The Morgan fingerprint density at radius 2 is 0.832 bits per heavy atom. The number of aromatic amines is 3. The summed E-state index contributed by atoms with van der Waals surface area (Å²) in [6.07, 6.45) is 6.52. The van der Waals surface area contributed by atoms with Crippen LogP contribution in [0, 0.1) is 6.92 Å². The van der Waals surface area contributed by atoms with Crippen LogP contribution in [0.25, 0.3) is 22.2 Å². The van der Waals surface area contributed by atoms with Crippen molar-refractivity contribution in [1.29, 1.82) is 0 Å². The Morgan fingerprint density at radius 1 is 0.446 bits per heavy atom. The van der Waals surface area contributed by atoms with Crippen LogP contribution in [0.15, 0.2) is 90.3 Å². The second-order valence-electron chi connectivity index (χ2n) is 20.8. The first-order valence-electron chi connectivity index (χ1n) is 29.5. The van der Waals surface area contributed by atoms with Crippen molar-refractivity contribution in [2.45, 2.75) is 39.6 Å². The smallest absolute Gasteiger partial charge is 0.349 e. The number of anilines is 3. The fraction of sp³-hybridized carbons (Fsp3) is 0.382. The molecule has 6 aromatic heterocycles. The zero-order valence-corrected chi connectivity index (χ0v) is 54.1. The van der Waals surface area contributed by atoms with Crippen LogP contribution in [0.5, 0.6) is 0 Å². The second-order valence-corrected chi connectivity index (χ2v) is 20.8. The lowest BCUT2D eigenvalue weighted by atomic mass is 10.2. The molecule has 0 radical (unpaired) electrons. The molecule has 0 bridgehead atoms. The van der Waals surface area contributed by atoms with Crippen molar-refractivity contribution in [3.63, 3.8) is 0 Å². The van der Waals surface area contributed by atoms with E-state index in [2.05, 4.69) is 29.9 Å². The maximum Gasteiger partial charge on any atom is 0.349 e. The van der Waals surface area contributed by atoms with Gasteiger partial charge < -0.3 is 105 Å². The average Bonchev–Trinajstić information content (AvgIpc) is 1.43. The number of aliphatic carboxylic acids is 5. The molecular formula is C55H77N25O21. The lowest BCUT2D eigenvalue weighted by Gasteiger charge is -2.20. The van der Waals surface area contributed by atoms with Gasteiger partial charge in [0, 0.05) is 95.7 Å². The van der Waals surface area contributed by atoms with Gasteiger partial charge in [0.1, 0.15) is 76.8 Å². The molecule has 0 aliphatic heterocycles. The summed E-state index contributed by atoms with van der Waals surface area (Å²) in [5.41, 5.74) is 41.9. The van der Waals surface area contributed by atoms with Crippen LogP contribution in [-0.2, 0) is 80.7 Å². The van der Waals surface area contributed by atoms with Crippen LogP contribution in [0.1, 0.15) is 5.56 Å². The Balaban J connectivity index is 0.000000329. The molecule has 7 aromatic rings. The molecule has 0 atom stereocenters. The molecule has 101 heavy (non-hydrogen) atoms. The van der Waals surface area contributed by atoms with Crippen LogP contribution < -0.4 is 79.6 Å². The number of carboxylic acids is 5. The molecule has 24 N–H and O–H groups in total. The summed E-state index contributed by atoms with van der Waals surface area (Å²) in [6.45, 7) is -0.802. The average molecular weight is 1420 g/mol. The molecular weight excluding hydrogens is 1350 g/mol. The van der Waals surface area contributed by atoms with Crippen LogP contribution >= 0.6 is 0 Å². The number of nitrogens with one attached hydrogen (secondary N) is 3. The molecule has 5 amide bonds. The Morgan fingerprint density at radius 3 is 1.26 bits per heavy atom. The minimum absolute atomic E-state index is 0.00671. The van der Waals surface area contributed by atoms with E-state index in [0.717, 1.165) is 44.9 Å². The summed E-state index contributed by atoms with van der Waals surface area (Å²) < 4.78 is 6.01. The van der Waals surface area contributed by atoms with Crippen molar-refractivity contribution in [1.82, 2.24) is 82.2 Å². The Bertz CT molecular complexity index is 4440. The second kappa shape index (κ2) is 40.7. The standard InChI is InChI=1S/C13H17N5O3.C11H15N7O4.C11H16N4O5.C10H15N5O4.C10H14N4O5/c14-4-5-17(7-12(20)21)11(19)6-18-8-16-13-9(15)2-1-3-10(13)18;12-1-2-17(4-7(20)21)6(19)3-18-5-14-8-9(18)15-11(13)16-10(8)22;1-7-4-15(11(20)13-10(7)19)5-8(16)14(3-2-12)6-9(17)18;11-2-4-14(6-9(17)18)8(16)5-15-3-1-7(12)13-10(15)19;11-2-4-13(6-9(17)18)8(16)5-14-3-1-7(15)12-10(14)19/h1-3,8H,4-7,14-15H2,(H,20,21);5H,1-4,12H2,(H,20,21)(H3,13,15,16,22);4H,2-3,5-6,12H2,1H3,(H,17,18)(H,13,19,20);1,3H,2,4-6,11H2,(H,17,18)(H2,12,13,19);1,3H,2,4-6,11H2,(H,17,18)(H,12,15,19). The highest BCUT2D eigenvalue weighted by atomic mass is 16.4. The summed E-state index contributed by atoms with van der Waals surface area (Å²) in [5.74, 6) is -8.22. The largest absolute Gasteiger partial charge is 0.480 e. The summed E-state index contributed by atoms with van der Waals surface area (Å²) in [7, 11) is 0. The van der Waals surface area contributed by atoms with Gasteiger partial charge in [-0.1, -0.05) is 6.07 Å². The Kier molecular flexibility index (Phi) is 33.2. The topological polar surface area (TPSA) is 722 Å². The fourth-order valence-electron chi connectivity index (χ4n) is 8.47. The first-order chi connectivity index (χ1) is 47.7. The molecule has 1 aromatic carbocycles. The molecule has 0 saturated heterocycles. The van der Waals surface area contributed by atoms with Crippen molar-refractivity contribution < 1.29 is 73.5 Å². The zero-order valence-electron chi connectivity index (χ0n) is 54.1. The van der Waals surface area contributed by atoms with Gasteiger partial charge in [-0.05, 0) is 25.1 Å². The number of H-pyrrole nitrogens is 3. The lowest BCUT2D eigenvalue weighted by Crippen LogP contribution is -2.43. The number of amides is 5. The predicted molar refractivity (Wildman–Crippen MR) is 353 cm³/mol. The van der Waals surface area contributed by atoms with E-state index in [1.807, 2.05) is 4.98 Å². The molecule has 0 aliphatic carbocycles. The van der Waals surface area contributed by atoms with Crippen LogP contribution in [-0.4, -0.2) is 265 Å². The summed E-state index contributed by atoms with van der Waals surface area (Å²) >= 11 is 0. The number of carbonyl (C=O) groups is 10. The van der Waals surface area contributed by atoms with E-state index < -0.39 is 113 Å². The number of aromatic nitrogens is 12. The van der Waals surface area contributed by atoms with E-state index in [1.54, 1.807) is 22.8 Å². The van der Waals surface area contributed by atoms with Gasteiger partial charge in [0.05, 0.1) is 23.9 Å². The summed E-state index contributed by atoms with van der Waals surface area (Å²) in [6, 6.07) is 7.77. The quantitative estimate of drug-likeness (QED) is 0.0186. The van der Waals surface area contributed by atoms with Gasteiger partial charge in [-0.3, -0.25) is 91.0 Å². The number of fused-ring (bicyclic) bond motifs is 2. The van der Waals surface area contributed by atoms with Gasteiger partial charge in [0.15, 0.2) is 11.2 Å². The maximum atomic E-state index is 12.2. The van der Waals surface area contributed by atoms with Crippen molar-refractivity contribution in [2.75, 3.05) is 115 Å². The number of rotatable bonds is 30. The first kappa shape index (κ1) is 82.4. The lowest BCUT2D eigenvalue weighted by molar-refractivity contribution is -0.144. The number of nitrogens with zero attached hydrogens (tertiary/aromatic N) is 14. The monoisotopic (exact) mass is 1420 g/mol. The van der Waals surface area contributed by atoms with Gasteiger partial charge in [-0.25, -0.2) is 24.4 Å². The number of carbonyl (C=O) groups excluding carboxylic acids is 5. The zero-order chi connectivity index (χ0) is 75.8. The third-order valence-electron chi connectivity index (χ3n) is 13.1. The van der Waals surface area contributed by atoms with Crippen LogP contribution in [0.4, 0.5) is 17.5 Å². The normalized spacial score (nSPS) is 10.4. The third kappa shape index (κ3) is 27.3. The van der Waals surface area contributed by atoms with E-state index in [-0.39, 0.29) is 139 Å². The number of hydrogen-bond acceptors (Lipinski definition) is 28. The third-order valence-corrected chi connectivity index (χ3v) is 13.1. The minimum atomic E-state index is -1.17. The van der Waals surface area contributed by atoms with Gasteiger partial charge in [-0.2, -0.15) is 9.97 Å². The molecule has 46 heteroatoms.